The summed E-state index contributed by atoms with van der Waals surface area (Å²) in [5, 5.41) is 8.79. The van der Waals surface area contributed by atoms with E-state index >= 15 is 0 Å². The Balaban J connectivity index is 1.65. The molecule has 0 radical (unpaired) electrons. The molecule has 2 aliphatic rings. The SMILES string of the molecule is O=C(O)CCC(=O)N1CCC[C@]2(CCC(=O)N(Cc3ccccc3)C2)C1. The van der Waals surface area contributed by atoms with Gasteiger partial charge in [-0.25, -0.2) is 0 Å². The summed E-state index contributed by atoms with van der Waals surface area (Å²) in [5.74, 6) is -0.853. The maximum absolute atomic E-state index is 12.4. The summed E-state index contributed by atoms with van der Waals surface area (Å²) in [6, 6.07) is 9.96. The molecule has 26 heavy (non-hydrogen) atoms. The van der Waals surface area contributed by atoms with Gasteiger partial charge in [-0.05, 0) is 24.8 Å². The minimum Gasteiger partial charge on any atom is -0.481 e. The molecule has 0 aromatic heterocycles. The highest BCUT2D eigenvalue weighted by molar-refractivity contribution is 5.81. The smallest absolute Gasteiger partial charge is 0.303 e. The maximum Gasteiger partial charge on any atom is 0.303 e. The third-order valence-electron chi connectivity index (χ3n) is 5.53. The number of carbonyl (C=O) groups excluding carboxylic acids is 2. The van der Waals surface area contributed by atoms with Crippen LogP contribution >= 0.6 is 0 Å². The number of carboxylic acids is 1. The summed E-state index contributed by atoms with van der Waals surface area (Å²) in [7, 11) is 0. The van der Waals surface area contributed by atoms with Gasteiger partial charge in [0.05, 0.1) is 6.42 Å². The number of hydrogen-bond donors (Lipinski definition) is 1. The maximum atomic E-state index is 12.4. The molecule has 2 fully saturated rings. The van der Waals surface area contributed by atoms with Crippen LogP contribution in [0.4, 0.5) is 0 Å². The van der Waals surface area contributed by atoms with E-state index in [1.807, 2.05) is 40.1 Å². The van der Waals surface area contributed by atoms with Gasteiger partial charge in [0.1, 0.15) is 0 Å². The number of nitrogens with zero attached hydrogens (tertiary/aromatic N) is 2. The van der Waals surface area contributed by atoms with Crippen LogP contribution in [0.3, 0.4) is 0 Å². The second kappa shape index (κ2) is 7.89. The van der Waals surface area contributed by atoms with Crippen molar-refractivity contribution in [3.05, 3.63) is 35.9 Å². The van der Waals surface area contributed by atoms with Crippen molar-refractivity contribution in [1.82, 2.24) is 9.80 Å². The normalized spacial score (nSPS) is 23.3. The Morgan fingerprint density at radius 3 is 2.58 bits per heavy atom. The number of carboxylic acid groups (broad SMARTS) is 1. The predicted octanol–water partition coefficient (Wildman–Crippen LogP) is 2.28. The molecule has 2 heterocycles. The number of likely N-dealkylation sites (tertiary alicyclic amines) is 2. The molecule has 2 aliphatic heterocycles. The first-order valence-electron chi connectivity index (χ1n) is 9.29. The number of aliphatic carboxylic acids is 1. The second-order valence-electron chi connectivity index (χ2n) is 7.55. The van der Waals surface area contributed by atoms with Crippen molar-refractivity contribution in [1.29, 1.82) is 0 Å². The highest BCUT2D eigenvalue weighted by atomic mass is 16.4. The Morgan fingerprint density at radius 2 is 1.85 bits per heavy atom. The molecule has 1 atom stereocenters. The molecule has 2 saturated heterocycles. The zero-order valence-electron chi connectivity index (χ0n) is 15.0. The third-order valence-corrected chi connectivity index (χ3v) is 5.53. The summed E-state index contributed by atoms with van der Waals surface area (Å²) < 4.78 is 0. The molecule has 1 N–H and O–H groups in total. The van der Waals surface area contributed by atoms with Crippen LogP contribution in [0, 0.1) is 5.41 Å². The molecule has 0 aliphatic carbocycles. The van der Waals surface area contributed by atoms with Crippen LogP contribution < -0.4 is 0 Å². The highest BCUT2D eigenvalue weighted by Crippen LogP contribution is 2.39. The minimum atomic E-state index is -0.942. The number of amides is 2. The summed E-state index contributed by atoms with van der Waals surface area (Å²) in [4.78, 5) is 39.2. The molecule has 0 bridgehead atoms. The predicted molar refractivity (Wildman–Crippen MR) is 96.2 cm³/mol. The molecule has 0 saturated carbocycles. The summed E-state index contributed by atoms with van der Waals surface area (Å²) in [5.41, 5.74) is 1.06. The largest absolute Gasteiger partial charge is 0.481 e. The van der Waals surface area contributed by atoms with Gasteiger partial charge in [0.2, 0.25) is 11.8 Å². The lowest BCUT2D eigenvalue weighted by atomic mass is 9.73. The van der Waals surface area contributed by atoms with E-state index in [-0.39, 0.29) is 30.1 Å². The lowest BCUT2D eigenvalue weighted by molar-refractivity contribution is -0.146. The van der Waals surface area contributed by atoms with Crippen molar-refractivity contribution in [2.24, 2.45) is 5.41 Å². The average molecular weight is 358 g/mol. The Labute approximate surface area is 153 Å². The average Bonchev–Trinajstić information content (AvgIpc) is 2.64. The first kappa shape index (κ1) is 18.4. The van der Waals surface area contributed by atoms with Crippen LogP contribution in [0.15, 0.2) is 30.3 Å². The van der Waals surface area contributed by atoms with Crippen molar-refractivity contribution in [3.63, 3.8) is 0 Å². The van der Waals surface area contributed by atoms with Crippen molar-refractivity contribution < 1.29 is 19.5 Å². The number of benzene rings is 1. The molecule has 1 spiro atoms. The van der Waals surface area contributed by atoms with Crippen LogP contribution in [0.25, 0.3) is 0 Å². The van der Waals surface area contributed by atoms with E-state index in [1.54, 1.807) is 0 Å². The lowest BCUT2D eigenvalue weighted by Gasteiger charge is -2.48. The van der Waals surface area contributed by atoms with Gasteiger partial charge >= 0.3 is 5.97 Å². The van der Waals surface area contributed by atoms with Crippen molar-refractivity contribution >= 4 is 17.8 Å². The standard InChI is InChI=1S/C20H26N2O4/c23-17(7-8-19(25)26)21-12-4-10-20(14-21)11-9-18(24)22(15-20)13-16-5-2-1-3-6-16/h1-3,5-6H,4,7-15H2,(H,25,26)/t20-/m0/s1. The first-order valence-corrected chi connectivity index (χ1v) is 9.29. The zero-order valence-corrected chi connectivity index (χ0v) is 15.0. The Hall–Kier alpha value is -2.37. The van der Waals surface area contributed by atoms with Gasteiger partial charge in [0, 0.05) is 44.4 Å². The Bertz CT molecular complexity index is 676. The fourth-order valence-corrected chi connectivity index (χ4v) is 4.18. The van der Waals surface area contributed by atoms with Crippen molar-refractivity contribution in [2.45, 2.75) is 45.1 Å². The number of piperidine rings is 2. The van der Waals surface area contributed by atoms with E-state index in [2.05, 4.69) is 0 Å². The molecule has 1 aromatic rings. The quantitative estimate of drug-likeness (QED) is 0.876. The van der Waals surface area contributed by atoms with Crippen LogP contribution in [0.5, 0.6) is 0 Å². The van der Waals surface area contributed by atoms with Gasteiger partial charge in [0.15, 0.2) is 0 Å². The van der Waals surface area contributed by atoms with Crippen LogP contribution in [0.1, 0.15) is 44.1 Å². The summed E-state index contributed by atoms with van der Waals surface area (Å²) in [6.45, 7) is 2.59. The fourth-order valence-electron chi connectivity index (χ4n) is 4.18. The molecular formula is C20H26N2O4. The van der Waals surface area contributed by atoms with E-state index in [1.165, 1.54) is 0 Å². The van der Waals surface area contributed by atoms with Gasteiger partial charge in [-0.2, -0.15) is 0 Å². The van der Waals surface area contributed by atoms with Crippen LogP contribution in [-0.2, 0) is 20.9 Å². The molecule has 1 aromatic carbocycles. The Kier molecular flexibility index (Phi) is 5.59. The van der Waals surface area contributed by atoms with Crippen molar-refractivity contribution in [3.8, 4) is 0 Å². The Morgan fingerprint density at radius 1 is 1.08 bits per heavy atom. The minimum absolute atomic E-state index is 0.0536. The molecule has 6 heteroatoms. The van der Waals surface area contributed by atoms with Gasteiger partial charge in [-0.15, -0.1) is 0 Å². The van der Waals surface area contributed by atoms with E-state index in [0.29, 0.717) is 32.6 Å². The molecule has 0 unspecified atom stereocenters. The van der Waals surface area contributed by atoms with Crippen LogP contribution in [-0.4, -0.2) is 52.3 Å². The van der Waals surface area contributed by atoms with E-state index in [9.17, 15) is 14.4 Å². The highest BCUT2D eigenvalue weighted by Gasteiger charge is 2.42. The monoisotopic (exact) mass is 358 g/mol. The second-order valence-corrected chi connectivity index (χ2v) is 7.55. The summed E-state index contributed by atoms with van der Waals surface area (Å²) in [6.07, 6.45) is 3.17. The van der Waals surface area contributed by atoms with Gasteiger partial charge in [-0.1, -0.05) is 30.3 Å². The van der Waals surface area contributed by atoms with Gasteiger partial charge in [-0.3, -0.25) is 14.4 Å². The molecular weight excluding hydrogens is 332 g/mol. The first-order chi connectivity index (χ1) is 12.5. The molecule has 2 amide bonds. The van der Waals surface area contributed by atoms with Crippen molar-refractivity contribution in [2.75, 3.05) is 19.6 Å². The van der Waals surface area contributed by atoms with Gasteiger partial charge in [0.25, 0.3) is 0 Å². The molecule has 140 valence electrons. The number of hydrogen-bond acceptors (Lipinski definition) is 3. The topological polar surface area (TPSA) is 77.9 Å². The molecule has 3 rings (SSSR count). The van der Waals surface area contributed by atoms with E-state index < -0.39 is 5.97 Å². The number of rotatable bonds is 5. The van der Waals surface area contributed by atoms with E-state index in [4.69, 9.17) is 5.11 Å². The summed E-state index contributed by atoms with van der Waals surface area (Å²) >= 11 is 0. The van der Waals surface area contributed by atoms with Crippen LogP contribution in [0.2, 0.25) is 0 Å². The van der Waals surface area contributed by atoms with E-state index in [0.717, 1.165) is 24.8 Å². The molecule has 6 nitrogen and oxygen atoms in total. The zero-order chi connectivity index (χ0) is 18.6. The lowest BCUT2D eigenvalue weighted by Crippen LogP contribution is -2.54. The fraction of sp³-hybridized carbons (Fsp3) is 0.550. The van der Waals surface area contributed by atoms with Gasteiger partial charge < -0.3 is 14.9 Å². The third kappa shape index (κ3) is 4.42. The number of carbonyl (C=O) groups is 3.